The number of fused-ring (bicyclic) bond motifs is 1. The maximum Gasteiger partial charge on any atom is 0.311 e. The van der Waals surface area contributed by atoms with Crippen molar-refractivity contribution in [2.45, 2.75) is 13.2 Å². The van der Waals surface area contributed by atoms with Crippen molar-refractivity contribution < 1.29 is 28.0 Å². The third-order valence-corrected chi connectivity index (χ3v) is 6.84. The zero-order chi connectivity index (χ0) is 28.4. The summed E-state index contributed by atoms with van der Waals surface area (Å²) in [5.74, 6) is -1.57. The second kappa shape index (κ2) is 10.9. The predicted octanol–water partition coefficient (Wildman–Crippen LogP) is 5.39. The molecule has 202 valence electrons. The van der Waals surface area contributed by atoms with Crippen molar-refractivity contribution in [1.29, 1.82) is 0 Å². The van der Waals surface area contributed by atoms with E-state index in [9.17, 15) is 28.5 Å². The van der Waals surface area contributed by atoms with Crippen LogP contribution in [-0.2, 0) is 6.73 Å². The lowest BCUT2D eigenvalue weighted by molar-refractivity contribution is -0.386. The molecule has 14 heteroatoms. The number of benzene rings is 2. The van der Waals surface area contributed by atoms with Gasteiger partial charge >= 0.3 is 5.69 Å². The molecule has 3 N–H and O–H groups in total. The lowest BCUT2D eigenvalue weighted by atomic mass is 10.0. The van der Waals surface area contributed by atoms with Crippen LogP contribution in [0.2, 0.25) is 0 Å². The lowest BCUT2D eigenvalue weighted by Gasteiger charge is -2.10. The Morgan fingerprint density at radius 3 is 2.55 bits per heavy atom. The number of carbonyl (C=O) groups excluding carboxylic acids is 2. The molecule has 40 heavy (non-hydrogen) atoms. The maximum atomic E-state index is 13.6. The van der Waals surface area contributed by atoms with Gasteiger partial charge in [-0.25, -0.2) is 18.4 Å². The molecule has 0 aliphatic heterocycles. The fraction of sp³-hybridized carbons (Fsp3) is 0.0769. The van der Waals surface area contributed by atoms with Crippen LogP contribution < -0.4 is 15.8 Å². The summed E-state index contributed by atoms with van der Waals surface area (Å²) >= 11 is 0.790. The zero-order valence-corrected chi connectivity index (χ0v) is 21.1. The van der Waals surface area contributed by atoms with Gasteiger partial charge in [0, 0.05) is 17.6 Å². The number of primary amides is 1. The standard InChI is InChI=1S/C26H18F2N6O5S/c27-23(28)17-12-15(14-6-2-1-3-7-14)20-21(22(24(29)35)40-26(20)30-17)31-25(36)16-10-11-33(32-16)13-39-19-9-5-4-8-18(19)34(37)38/h1-12,23H,13H2,(H2,29,35)(H,31,36). The molecule has 0 aliphatic rings. The summed E-state index contributed by atoms with van der Waals surface area (Å²) in [5, 5.41) is 18.2. The minimum absolute atomic E-state index is 0.0222. The second-order valence-corrected chi connectivity index (χ2v) is 9.30. The number of nitro groups is 1. The number of nitrogens with zero attached hydrogens (tertiary/aromatic N) is 4. The molecule has 0 unspecified atom stereocenters. The highest BCUT2D eigenvalue weighted by molar-refractivity contribution is 7.21. The summed E-state index contributed by atoms with van der Waals surface area (Å²) < 4.78 is 34.0. The van der Waals surface area contributed by atoms with Crippen LogP contribution in [0.5, 0.6) is 5.75 Å². The summed E-state index contributed by atoms with van der Waals surface area (Å²) in [5.41, 5.74) is 5.71. The highest BCUT2D eigenvalue weighted by atomic mass is 32.1. The van der Waals surface area contributed by atoms with Crippen molar-refractivity contribution in [2.24, 2.45) is 5.73 Å². The average molecular weight is 565 g/mol. The molecular formula is C26H18F2N6O5S. The van der Waals surface area contributed by atoms with Crippen molar-refractivity contribution >= 4 is 44.7 Å². The van der Waals surface area contributed by atoms with E-state index in [2.05, 4.69) is 15.4 Å². The van der Waals surface area contributed by atoms with Gasteiger partial charge in [0.05, 0.1) is 10.6 Å². The van der Waals surface area contributed by atoms with E-state index in [1.807, 2.05) is 0 Å². The number of alkyl halides is 2. The van der Waals surface area contributed by atoms with Gasteiger partial charge in [0.25, 0.3) is 18.2 Å². The number of pyridine rings is 1. The van der Waals surface area contributed by atoms with Gasteiger partial charge in [-0.15, -0.1) is 11.3 Å². The number of hydrogen-bond donors (Lipinski definition) is 2. The van der Waals surface area contributed by atoms with Gasteiger partial charge in [-0.05, 0) is 29.3 Å². The van der Waals surface area contributed by atoms with Crippen molar-refractivity contribution in [1.82, 2.24) is 14.8 Å². The summed E-state index contributed by atoms with van der Waals surface area (Å²) in [6, 6.07) is 17.0. The lowest BCUT2D eigenvalue weighted by Crippen LogP contribution is -2.18. The number of amides is 2. The predicted molar refractivity (Wildman–Crippen MR) is 142 cm³/mol. The van der Waals surface area contributed by atoms with Gasteiger partial charge in [0.2, 0.25) is 0 Å². The first kappa shape index (κ1) is 26.4. The van der Waals surface area contributed by atoms with E-state index in [1.165, 1.54) is 41.2 Å². The largest absolute Gasteiger partial charge is 0.464 e. The Labute approximate surface area is 228 Å². The second-order valence-electron chi connectivity index (χ2n) is 8.30. The van der Waals surface area contributed by atoms with Gasteiger partial charge in [-0.1, -0.05) is 42.5 Å². The summed E-state index contributed by atoms with van der Waals surface area (Å²) in [6.07, 6.45) is -1.44. The molecule has 0 fully saturated rings. The fourth-order valence-corrected chi connectivity index (χ4v) is 4.98. The highest BCUT2D eigenvalue weighted by Gasteiger charge is 2.26. The van der Waals surface area contributed by atoms with Gasteiger partial charge < -0.3 is 15.8 Å². The van der Waals surface area contributed by atoms with E-state index in [0.717, 1.165) is 11.3 Å². The Bertz CT molecular complexity index is 1760. The highest BCUT2D eigenvalue weighted by Crippen LogP contribution is 2.42. The monoisotopic (exact) mass is 564 g/mol. The minimum Gasteiger partial charge on any atom is -0.464 e. The summed E-state index contributed by atoms with van der Waals surface area (Å²) in [4.78, 5) is 40.1. The van der Waals surface area contributed by atoms with Crippen molar-refractivity contribution in [3.05, 3.63) is 99.3 Å². The molecule has 0 spiro atoms. The molecular weight excluding hydrogens is 546 g/mol. The first-order valence-corrected chi connectivity index (χ1v) is 12.4. The Hall–Kier alpha value is -5.24. The average Bonchev–Trinajstić information content (AvgIpc) is 3.57. The molecule has 0 atom stereocenters. The van der Waals surface area contributed by atoms with Crippen LogP contribution in [0.3, 0.4) is 0 Å². The van der Waals surface area contributed by atoms with E-state index < -0.39 is 28.9 Å². The normalized spacial score (nSPS) is 11.1. The molecule has 2 aromatic carbocycles. The SMILES string of the molecule is NC(=O)c1sc2nc(C(F)F)cc(-c3ccccc3)c2c1NC(=O)c1ccn(COc2ccccc2[N+](=O)[O-])n1. The van der Waals surface area contributed by atoms with Crippen LogP contribution in [0.4, 0.5) is 20.2 Å². The van der Waals surface area contributed by atoms with Crippen LogP contribution in [0.15, 0.2) is 72.9 Å². The number of nitrogens with two attached hydrogens (primary N) is 1. The number of anilines is 1. The molecule has 0 saturated heterocycles. The number of carbonyl (C=O) groups is 2. The molecule has 5 rings (SSSR count). The number of thiophene rings is 1. The number of nitrogens with one attached hydrogen (secondary N) is 1. The van der Waals surface area contributed by atoms with Crippen molar-refractivity contribution in [3.8, 4) is 16.9 Å². The number of rotatable bonds is 9. The Kier molecular flexibility index (Phi) is 7.16. The first-order valence-electron chi connectivity index (χ1n) is 11.5. The van der Waals surface area contributed by atoms with Gasteiger partial charge in [-0.3, -0.25) is 19.7 Å². The molecule has 5 aromatic rings. The van der Waals surface area contributed by atoms with Crippen LogP contribution in [0, 0.1) is 10.1 Å². The summed E-state index contributed by atoms with van der Waals surface area (Å²) in [6.45, 7) is -0.232. The number of hydrogen-bond acceptors (Lipinski definition) is 8. The van der Waals surface area contributed by atoms with Gasteiger partial charge in [0.15, 0.2) is 18.2 Å². The van der Waals surface area contributed by atoms with Crippen molar-refractivity contribution in [3.63, 3.8) is 0 Å². The van der Waals surface area contributed by atoms with E-state index in [1.54, 1.807) is 36.4 Å². The Balaban J connectivity index is 1.48. The third-order valence-electron chi connectivity index (χ3n) is 5.74. The molecule has 0 radical (unpaired) electrons. The van der Waals surface area contributed by atoms with E-state index >= 15 is 0 Å². The number of nitro benzene ring substituents is 1. The third kappa shape index (κ3) is 5.19. The first-order chi connectivity index (χ1) is 19.2. The Morgan fingerprint density at radius 2 is 1.85 bits per heavy atom. The molecule has 3 aromatic heterocycles. The number of halogens is 2. The van der Waals surface area contributed by atoms with Crippen LogP contribution in [0.1, 0.15) is 32.3 Å². The number of aromatic nitrogens is 3. The van der Waals surface area contributed by atoms with E-state index in [-0.39, 0.29) is 44.6 Å². The van der Waals surface area contributed by atoms with Gasteiger partial charge in [0.1, 0.15) is 15.4 Å². The number of ether oxygens (including phenoxy) is 1. The smallest absolute Gasteiger partial charge is 0.311 e. The van der Waals surface area contributed by atoms with Crippen molar-refractivity contribution in [2.75, 3.05) is 5.32 Å². The molecule has 3 heterocycles. The molecule has 0 bridgehead atoms. The molecule has 0 aliphatic carbocycles. The van der Waals surface area contributed by atoms with Crippen LogP contribution >= 0.6 is 11.3 Å². The van der Waals surface area contributed by atoms with E-state index in [4.69, 9.17) is 10.5 Å². The maximum absolute atomic E-state index is 13.6. The zero-order valence-electron chi connectivity index (χ0n) is 20.3. The van der Waals surface area contributed by atoms with Crippen LogP contribution in [0.25, 0.3) is 21.3 Å². The molecule has 0 saturated carbocycles. The van der Waals surface area contributed by atoms with E-state index in [0.29, 0.717) is 11.1 Å². The van der Waals surface area contributed by atoms with Gasteiger partial charge in [-0.2, -0.15) is 5.10 Å². The Morgan fingerprint density at radius 1 is 1.12 bits per heavy atom. The fourth-order valence-electron chi connectivity index (χ4n) is 3.97. The quantitative estimate of drug-likeness (QED) is 0.180. The molecule has 11 nitrogen and oxygen atoms in total. The summed E-state index contributed by atoms with van der Waals surface area (Å²) in [7, 11) is 0. The minimum atomic E-state index is -2.87. The topological polar surface area (TPSA) is 155 Å². The van der Waals surface area contributed by atoms with Crippen LogP contribution in [-0.4, -0.2) is 31.5 Å². The number of para-hydroxylation sites is 2. The molecule has 2 amide bonds.